The molecule has 1 heterocycles. The maximum atomic E-state index is 12.1. The summed E-state index contributed by atoms with van der Waals surface area (Å²) >= 11 is 1.69. The Kier molecular flexibility index (Phi) is 5.44. The molecule has 4 nitrogen and oxygen atoms in total. The van der Waals surface area contributed by atoms with Gasteiger partial charge in [-0.3, -0.25) is 0 Å². The van der Waals surface area contributed by atoms with Crippen LogP contribution in [0.15, 0.2) is 35.7 Å². The van der Waals surface area contributed by atoms with Crippen molar-refractivity contribution in [2.24, 2.45) is 0 Å². The Morgan fingerprint density at radius 2 is 1.82 bits per heavy atom. The van der Waals surface area contributed by atoms with Gasteiger partial charge in [-0.15, -0.1) is 11.3 Å². The molecule has 2 aromatic rings. The first-order valence-electron chi connectivity index (χ1n) is 7.25. The standard InChI is InChI=1S/C17H23N3OS/c1-13-9-10-22-16(13)12-20(4)17(21)18-11-14-5-7-15(8-6-14)19(2)3/h5-10H,11-12H2,1-4H3,(H,18,21). The molecule has 0 saturated carbocycles. The van der Waals surface area contributed by atoms with E-state index in [2.05, 4.69) is 40.7 Å². The SMILES string of the molecule is Cc1ccsc1CN(C)C(=O)NCc1ccc(N(C)C)cc1. The van der Waals surface area contributed by atoms with Crippen LogP contribution in [0.3, 0.4) is 0 Å². The molecular weight excluding hydrogens is 294 g/mol. The molecule has 0 unspecified atom stereocenters. The number of carbonyl (C=O) groups excluding carboxylic acids is 1. The zero-order chi connectivity index (χ0) is 16.1. The van der Waals surface area contributed by atoms with Crippen molar-refractivity contribution in [3.63, 3.8) is 0 Å². The lowest BCUT2D eigenvalue weighted by Crippen LogP contribution is -2.36. The number of thiophene rings is 1. The third-order valence-corrected chi connectivity index (χ3v) is 4.60. The van der Waals surface area contributed by atoms with Crippen LogP contribution >= 0.6 is 11.3 Å². The normalized spacial score (nSPS) is 10.4. The van der Waals surface area contributed by atoms with E-state index in [1.54, 1.807) is 16.2 Å². The van der Waals surface area contributed by atoms with Crippen LogP contribution in [-0.4, -0.2) is 32.1 Å². The van der Waals surface area contributed by atoms with Gasteiger partial charge in [-0.2, -0.15) is 0 Å². The Bertz CT molecular complexity index is 619. The summed E-state index contributed by atoms with van der Waals surface area (Å²) in [7, 11) is 5.85. The largest absolute Gasteiger partial charge is 0.378 e. The molecule has 5 heteroatoms. The van der Waals surface area contributed by atoms with Gasteiger partial charge >= 0.3 is 6.03 Å². The van der Waals surface area contributed by atoms with Gasteiger partial charge < -0.3 is 15.1 Å². The quantitative estimate of drug-likeness (QED) is 0.916. The number of nitrogens with zero attached hydrogens (tertiary/aromatic N) is 2. The number of nitrogens with one attached hydrogen (secondary N) is 1. The summed E-state index contributed by atoms with van der Waals surface area (Å²) in [6, 6.07) is 10.2. The Balaban J connectivity index is 1.85. The second kappa shape index (κ2) is 7.31. The number of amides is 2. The molecule has 1 aromatic heterocycles. The molecule has 1 N–H and O–H groups in total. The van der Waals surface area contributed by atoms with Gasteiger partial charge in [-0.05, 0) is 41.6 Å². The van der Waals surface area contributed by atoms with Crippen LogP contribution in [0.2, 0.25) is 0 Å². The summed E-state index contributed by atoms with van der Waals surface area (Å²) < 4.78 is 0. The molecule has 0 bridgehead atoms. The smallest absolute Gasteiger partial charge is 0.317 e. The van der Waals surface area contributed by atoms with Gasteiger partial charge in [0.25, 0.3) is 0 Å². The number of aryl methyl sites for hydroxylation is 1. The van der Waals surface area contributed by atoms with Crippen LogP contribution in [0.25, 0.3) is 0 Å². The number of hydrogen-bond acceptors (Lipinski definition) is 3. The lowest BCUT2D eigenvalue weighted by Gasteiger charge is -2.18. The lowest BCUT2D eigenvalue weighted by molar-refractivity contribution is 0.207. The highest BCUT2D eigenvalue weighted by Gasteiger charge is 2.10. The average Bonchev–Trinajstić information content (AvgIpc) is 2.90. The van der Waals surface area contributed by atoms with Crippen LogP contribution in [-0.2, 0) is 13.1 Å². The van der Waals surface area contributed by atoms with Crippen molar-refractivity contribution < 1.29 is 4.79 Å². The van der Waals surface area contributed by atoms with E-state index in [-0.39, 0.29) is 6.03 Å². The van der Waals surface area contributed by atoms with Crippen LogP contribution in [0.5, 0.6) is 0 Å². The molecule has 0 aliphatic rings. The molecule has 0 aliphatic heterocycles. The fourth-order valence-electron chi connectivity index (χ4n) is 2.08. The third-order valence-electron chi connectivity index (χ3n) is 3.59. The second-order valence-corrected chi connectivity index (χ2v) is 6.60. The molecule has 2 rings (SSSR count). The van der Waals surface area contributed by atoms with E-state index in [0.29, 0.717) is 13.1 Å². The van der Waals surface area contributed by atoms with Crippen molar-refractivity contribution in [1.82, 2.24) is 10.2 Å². The maximum Gasteiger partial charge on any atom is 0.317 e. The first-order valence-corrected chi connectivity index (χ1v) is 8.13. The average molecular weight is 317 g/mol. The monoisotopic (exact) mass is 317 g/mol. The van der Waals surface area contributed by atoms with Gasteiger partial charge in [0.15, 0.2) is 0 Å². The minimum atomic E-state index is -0.0514. The molecule has 118 valence electrons. The topological polar surface area (TPSA) is 35.6 Å². The predicted molar refractivity (Wildman–Crippen MR) is 93.5 cm³/mol. The zero-order valence-corrected chi connectivity index (χ0v) is 14.4. The summed E-state index contributed by atoms with van der Waals surface area (Å²) in [5, 5.41) is 5.02. The van der Waals surface area contributed by atoms with Gasteiger partial charge in [-0.25, -0.2) is 4.79 Å². The molecule has 0 radical (unpaired) electrons. The molecular formula is C17H23N3OS. The van der Waals surface area contributed by atoms with Gasteiger partial charge in [0.1, 0.15) is 0 Å². The van der Waals surface area contributed by atoms with Gasteiger partial charge in [0, 0.05) is 38.3 Å². The molecule has 0 fully saturated rings. The Labute approximate surface area is 136 Å². The molecule has 2 amide bonds. The van der Waals surface area contributed by atoms with Crippen LogP contribution in [0.1, 0.15) is 16.0 Å². The van der Waals surface area contributed by atoms with E-state index in [0.717, 1.165) is 11.3 Å². The number of urea groups is 1. The zero-order valence-electron chi connectivity index (χ0n) is 13.6. The predicted octanol–water partition coefficient (Wildman–Crippen LogP) is 3.46. The minimum Gasteiger partial charge on any atom is -0.378 e. The van der Waals surface area contributed by atoms with E-state index >= 15 is 0 Å². The highest BCUT2D eigenvalue weighted by Crippen LogP contribution is 2.17. The highest BCUT2D eigenvalue weighted by molar-refractivity contribution is 7.10. The van der Waals surface area contributed by atoms with E-state index in [1.165, 1.54) is 10.4 Å². The maximum absolute atomic E-state index is 12.1. The molecule has 22 heavy (non-hydrogen) atoms. The summed E-state index contributed by atoms with van der Waals surface area (Å²) in [5.41, 5.74) is 3.49. The number of anilines is 1. The van der Waals surface area contributed by atoms with Gasteiger partial charge in [0.05, 0.1) is 6.54 Å². The number of hydrogen-bond donors (Lipinski definition) is 1. The van der Waals surface area contributed by atoms with Crippen molar-refractivity contribution in [2.75, 3.05) is 26.0 Å². The van der Waals surface area contributed by atoms with E-state index in [4.69, 9.17) is 0 Å². The number of rotatable bonds is 5. The van der Waals surface area contributed by atoms with Gasteiger partial charge in [-0.1, -0.05) is 12.1 Å². The molecule has 0 atom stereocenters. The summed E-state index contributed by atoms with van der Waals surface area (Å²) in [4.78, 5) is 17.1. The van der Waals surface area contributed by atoms with E-state index < -0.39 is 0 Å². The van der Waals surface area contributed by atoms with E-state index in [1.807, 2.05) is 33.3 Å². The van der Waals surface area contributed by atoms with Crippen LogP contribution in [0.4, 0.5) is 10.5 Å². The van der Waals surface area contributed by atoms with Crippen molar-refractivity contribution >= 4 is 23.1 Å². The molecule has 0 saturated heterocycles. The number of carbonyl (C=O) groups is 1. The highest BCUT2D eigenvalue weighted by atomic mass is 32.1. The number of benzene rings is 1. The fraction of sp³-hybridized carbons (Fsp3) is 0.353. The summed E-state index contributed by atoms with van der Waals surface area (Å²) in [6.07, 6.45) is 0. The van der Waals surface area contributed by atoms with Crippen molar-refractivity contribution in [3.05, 3.63) is 51.7 Å². The van der Waals surface area contributed by atoms with Crippen LogP contribution < -0.4 is 10.2 Å². The van der Waals surface area contributed by atoms with Crippen LogP contribution in [0, 0.1) is 6.92 Å². The summed E-state index contributed by atoms with van der Waals surface area (Å²) in [5.74, 6) is 0. The third kappa shape index (κ3) is 4.24. The Morgan fingerprint density at radius 1 is 1.14 bits per heavy atom. The molecule has 1 aromatic carbocycles. The minimum absolute atomic E-state index is 0.0514. The van der Waals surface area contributed by atoms with Crippen molar-refractivity contribution in [2.45, 2.75) is 20.0 Å². The summed E-state index contributed by atoms with van der Waals surface area (Å²) in [6.45, 7) is 3.26. The van der Waals surface area contributed by atoms with Gasteiger partial charge in [0.2, 0.25) is 0 Å². The first kappa shape index (κ1) is 16.4. The Morgan fingerprint density at radius 3 is 2.36 bits per heavy atom. The molecule has 0 aliphatic carbocycles. The van der Waals surface area contributed by atoms with Crippen molar-refractivity contribution in [1.29, 1.82) is 0 Å². The van der Waals surface area contributed by atoms with Crippen molar-refractivity contribution in [3.8, 4) is 0 Å². The van der Waals surface area contributed by atoms with E-state index in [9.17, 15) is 4.79 Å². The lowest BCUT2D eigenvalue weighted by atomic mass is 10.2. The first-order chi connectivity index (χ1) is 10.5. The Hall–Kier alpha value is -2.01. The fourth-order valence-corrected chi connectivity index (χ4v) is 3.04. The molecule has 0 spiro atoms. The second-order valence-electron chi connectivity index (χ2n) is 5.60.